The Morgan fingerprint density at radius 3 is 2.21 bits per heavy atom. The smallest absolute Gasteiger partial charge is 0.309 e. The molecule has 3 atom stereocenters. The summed E-state index contributed by atoms with van der Waals surface area (Å²) < 4.78 is 16.3. The minimum absolute atomic E-state index is 0.0517. The summed E-state index contributed by atoms with van der Waals surface area (Å²) in [5.74, 6) is 0.113. The Bertz CT molecular complexity index is 1070. The molecule has 2 aromatic carbocycles. The number of methoxy groups -OCH3 is 1. The third-order valence-electron chi connectivity index (χ3n) is 7.42. The Balaban J connectivity index is 0.00000205. The van der Waals surface area contributed by atoms with Gasteiger partial charge in [-0.2, -0.15) is 0 Å². The molecule has 2 heterocycles. The molecule has 214 valence electrons. The summed E-state index contributed by atoms with van der Waals surface area (Å²) in [5.41, 5.74) is 1.73. The lowest BCUT2D eigenvalue weighted by molar-refractivity contribution is -0.144. The first-order chi connectivity index (χ1) is 19.0. The van der Waals surface area contributed by atoms with Crippen LogP contribution in [0.5, 0.6) is 17.2 Å². The number of nitrogens with zero attached hydrogens (tertiary/aromatic N) is 2. The number of fused-ring (bicyclic) bond motifs is 1. The number of halogens is 1. The average Bonchev–Trinajstić information content (AvgIpc) is 3.58. The fourth-order valence-corrected chi connectivity index (χ4v) is 5.41. The normalized spacial score (nSPS) is 19.8. The Kier molecular flexibility index (Phi) is 12.2. The molecule has 2 aromatic rings. The van der Waals surface area contributed by atoms with E-state index in [1.54, 1.807) is 7.11 Å². The topological polar surface area (TPSA) is 88.5 Å². The van der Waals surface area contributed by atoms with Crippen LogP contribution in [-0.2, 0) is 9.59 Å². The number of likely N-dealkylation sites (tertiary alicyclic amines) is 1. The number of ether oxygens (including phenoxy) is 3. The Morgan fingerprint density at radius 2 is 1.62 bits per heavy atom. The van der Waals surface area contributed by atoms with Gasteiger partial charge in [0.15, 0.2) is 11.5 Å². The van der Waals surface area contributed by atoms with Crippen LogP contribution >= 0.6 is 22.6 Å². The highest BCUT2D eigenvalue weighted by atomic mass is 127. The van der Waals surface area contributed by atoms with Crippen molar-refractivity contribution in [3.8, 4) is 17.2 Å². The number of carbonyl (C=O) groups is 2. The van der Waals surface area contributed by atoms with Crippen molar-refractivity contribution in [2.45, 2.75) is 51.5 Å². The van der Waals surface area contributed by atoms with Gasteiger partial charge in [-0.25, -0.2) is 0 Å². The molecular weight excluding hydrogens is 611 g/mol. The molecule has 0 aromatic heterocycles. The van der Waals surface area contributed by atoms with E-state index in [0.717, 1.165) is 49.9 Å². The van der Waals surface area contributed by atoms with E-state index in [0.29, 0.717) is 23.8 Å². The zero-order valence-corrected chi connectivity index (χ0v) is 25.6. The number of amides is 1. The van der Waals surface area contributed by atoms with Crippen LogP contribution in [-0.4, -0.2) is 71.8 Å². The Hall–Kier alpha value is -2.53. The summed E-state index contributed by atoms with van der Waals surface area (Å²) in [5, 5.41) is 10.5. The molecule has 0 spiro atoms. The molecule has 39 heavy (non-hydrogen) atoms. The van der Waals surface area contributed by atoms with Crippen LogP contribution in [0.4, 0.5) is 0 Å². The number of unbranched alkanes of at least 4 members (excludes halogenated alkanes) is 2. The predicted molar refractivity (Wildman–Crippen MR) is 160 cm³/mol. The van der Waals surface area contributed by atoms with E-state index in [-0.39, 0.29) is 25.2 Å². The van der Waals surface area contributed by atoms with Gasteiger partial charge in [-0.1, -0.05) is 67.5 Å². The van der Waals surface area contributed by atoms with Crippen LogP contribution in [0.15, 0.2) is 42.5 Å². The summed E-state index contributed by atoms with van der Waals surface area (Å²) in [6.45, 7) is 6.48. The highest BCUT2D eigenvalue weighted by molar-refractivity contribution is 14.1. The fraction of sp³-hybridized carbons (Fsp3) is 0.533. The third kappa shape index (κ3) is 7.57. The first-order valence-corrected chi connectivity index (χ1v) is 15.8. The van der Waals surface area contributed by atoms with Crippen molar-refractivity contribution < 1.29 is 28.9 Å². The summed E-state index contributed by atoms with van der Waals surface area (Å²) >= 11 is 2.15. The van der Waals surface area contributed by atoms with Crippen LogP contribution in [0.25, 0.3) is 0 Å². The van der Waals surface area contributed by atoms with Crippen molar-refractivity contribution in [2.75, 3.05) is 45.0 Å². The van der Waals surface area contributed by atoms with Crippen molar-refractivity contribution >= 4 is 34.5 Å². The Labute approximate surface area is 245 Å². The predicted octanol–water partition coefficient (Wildman–Crippen LogP) is 5.75. The zero-order valence-electron chi connectivity index (χ0n) is 23.4. The maximum atomic E-state index is 13.5. The fourth-order valence-electron chi connectivity index (χ4n) is 5.41. The van der Waals surface area contributed by atoms with Gasteiger partial charge in [-0.15, -0.1) is 0 Å². The van der Waals surface area contributed by atoms with Gasteiger partial charge in [0.05, 0.1) is 19.6 Å². The number of carboxylic acid groups (broad SMARTS) is 1. The third-order valence-corrected chi connectivity index (χ3v) is 7.42. The maximum absolute atomic E-state index is 13.5. The quantitative estimate of drug-likeness (QED) is 0.231. The highest BCUT2D eigenvalue weighted by Crippen LogP contribution is 2.47. The lowest BCUT2D eigenvalue weighted by Gasteiger charge is -2.30. The van der Waals surface area contributed by atoms with Gasteiger partial charge in [-0.3, -0.25) is 14.5 Å². The number of alkyl halides is 1. The molecule has 2 aliphatic heterocycles. The molecule has 2 aliphatic rings. The van der Waals surface area contributed by atoms with Crippen LogP contribution in [0.2, 0.25) is 0 Å². The lowest BCUT2D eigenvalue weighted by atomic mass is 9.82. The molecule has 1 amide bonds. The maximum Gasteiger partial charge on any atom is 0.309 e. The number of hydrogen-bond donors (Lipinski definition) is 1. The second-order valence-electron chi connectivity index (χ2n) is 9.82. The first kappa shape index (κ1) is 31.0. The van der Waals surface area contributed by atoms with Crippen molar-refractivity contribution in [3.05, 3.63) is 53.6 Å². The van der Waals surface area contributed by atoms with E-state index in [9.17, 15) is 14.7 Å². The summed E-state index contributed by atoms with van der Waals surface area (Å²) in [4.78, 5) is 32.3. The average molecular weight is 653 g/mol. The number of aliphatic carboxylic acids is 1. The van der Waals surface area contributed by atoms with Crippen LogP contribution in [0.1, 0.15) is 62.6 Å². The van der Waals surface area contributed by atoms with E-state index in [1.165, 1.54) is 0 Å². The second kappa shape index (κ2) is 15.3. The number of benzene rings is 2. The second-order valence-corrected chi connectivity index (χ2v) is 9.82. The minimum Gasteiger partial charge on any atom is -0.497 e. The molecule has 9 heteroatoms. The number of rotatable bonds is 12. The number of carbonyl (C=O) groups excluding carboxylic acids is 1. The van der Waals surface area contributed by atoms with E-state index in [1.807, 2.05) is 57.2 Å². The standard InChI is InChI=1S/C29H38N2O6.CH3I/c1-4-6-14-30(15-7-5-2)26(32)18-31-17-23(21-10-13-24-25(16-21)37-19-36-24)27(29(33)34)28(31)20-8-11-22(35-3)12-9-20;1-2/h8-13,16,23,27-28H,4-7,14-15,17-19H2,1-3H3,(H,33,34);1H3/t23-,27-,28+;/m1./s1. The highest BCUT2D eigenvalue weighted by Gasteiger charge is 2.48. The van der Waals surface area contributed by atoms with Crippen molar-refractivity contribution in [1.82, 2.24) is 9.80 Å². The minimum atomic E-state index is -0.882. The molecule has 0 bridgehead atoms. The Morgan fingerprint density at radius 1 is 1.00 bits per heavy atom. The van der Waals surface area contributed by atoms with Gasteiger partial charge in [0.25, 0.3) is 0 Å². The molecule has 0 radical (unpaired) electrons. The SMILES string of the molecule is CCCCN(CCCC)C(=O)CN1C[C@H](c2ccc3c(c2)OCO3)[C@@H](C(=O)O)[C@@H]1c1ccc(OC)cc1.CI. The van der Waals surface area contributed by atoms with Gasteiger partial charge >= 0.3 is 5.97 Å². The summed E-state index contributed by atoms with van der Waals surface area (Å²) in [6, 6.07) is 12.7. The van der Waals surface area contributed by atoms with E-state index < -0.39 is 17.9 Å². The van der Waals surface area contributed by atoms with Gasteiger partial charge in [0.2, 0.25) is 12.7 Å². The molecule has 0 saturated carbocycles. The van der Waals surface area contributed by atoms with E-state index in [4.69, 9.17) is 14.2 Å². The molecule has 0 unspecified atom stereocenters. The van der Waals surface area contributed by atoms with Crippen LogP contribution in [0.3, 0.4) is 0 Å². The monoisotopic (exact) mass is 652 g/mol. The van der Waals surface area contributed by atoms with Crippen molar-refractivity contribution in [3.63, 3.8) is 0 Å². The van der Waals surface area contributed by atoms with E-state index >= 15 is 0 Å². The van der Waals surface area contributed by atoms with E-state index in [2.05, 4.69) is 36.4 Å². The molecule has 1 N–H and O–H groups in total. The molecular formula is C30H41IN2O6. The largest absolute Gasteiger partial charge is 0.497 e. The van der Waals surface area contributed by atoms with Gasteiger partial charge in [0, 0.05) is 31.6 Å². The van der Waals surface area contributed by atoms with Crippen molar-refractivity contribution in [2.24, 2.45) is 5.92 Å². The molecule has 0 aliphatic carbocycles. The molecule has 1 fully saturated rings. The molecule has 8 nitrogen and oxygen atoms in total. The zero-order chi connectivity index (χ0) is 28.4. The van der Waals surface area contributed by atoms with Gasteiger partial charge < -0.3 is 24.2 Å². The first-order valence-electron chi connectivity index (χ1n) is 13.6. The van der Waals surface area contributed by atoms with Gasteiger partial charge in [0.1, 0.15) is 5.75 Å². The number of hydrogen-bond acceptors (Lipinski definition) is 6. The molecule has 1 saturated heterocycles. The summed E-state index contributed by atoms with van der Waals surface area (Å²) in [7, 11) is 1.60. The van der Waals surface area contributed by atoms with Crippen LogP contribution < -0.4 is 14.2 Å². The summed E-state index contributed by atoms with van der Waals surface area (Å²) in [6.07, 6.45) is 3.94. The number of carboxylic acids is 1. The van der Waals surface area contributed by atoms with Crippen LogP contribution in [0, 0.1) is 5.92 Å². The lowest BCUT2D eigenvalue weighted by Crippen LogP contribution is -2.42. The van der Waals surface area contributed by atoms with Gasteiger partial charge in [-0.05, 0) is 53.2 Å². The molecule has 4 rings (SSSR count). The van der Waals surface area contributed by atoms with Crippen molar-refractivity contribution in [1.29, 1.82) is 0 Å².